The summed E-state index contributed by atoms with van der Waals surface area (Å²) in [4.78, 5) is 22.1. The average Bonchev–Trinajstić information content (AvgIpc) is 2.24. The second kappa shape index (κ2) is 5.25. The van der Waals surface area contributed by atoms with Crippen LogP contribution in [-0.4, -0.2) is 17.4 Å². The maximum atomic E-state index is 11.8. The normalized spacial score (nSPS) is 9.76. The van der Waals surface area contributed by atoms with Gasteiger partial charge in [0, 0.05) is 12.1 Å². The summed E-state index contributed by atoms with van der Waals surface area (Å²) < 4.78 is 0. The third-order valence-electron chi connectivity index (χ3n) is 2.22. The van der Waals surface area contributed by atoms with Crippen LogP contribution in [0.5, 0.6) is 0 Å². The highest BCUT2D eigenvalue weighted by atomic mass is 16.6. The van der Waals surface area contributed by atoms with Crippen LogP contribution in [0.2, 0.25) is 0 Å². The van der Waals surface area contributed by atoms with Crippen molar-refractivity contribution in [2.24, 2.45) is 0 Å². The number of nitro groups is 1. The summed E-state index contributed by atoms with van der Waals surface area (Å²) in [6.07, 6.45) is 0. The van der Waals surface area contributed by atoms with Gasteiger partial charge in [0.1, 0.15) is 5.56 Å². The number of rotatable bonds is 4. The summed E-state index contributed by atoms with van der Waals surface area (Å²) in [5.74, 6) is -0.455. The van der Waals surface area contributed by atoms with Gasteiger partial charge >= 0.3 is 0 Å². The van der Waals surface area contributed by atoms with Gasteiger partial charge in [-0.05, 0) is 19.9 Å². The molecule has 1 rings (SSSR count). The number of nitrogens with zero attached hydrogens (tertiary/aromatic N) is 1. The van der Waals surface area contributed by atoms with Crippen molar-refractivity contribution in [2.45, 2.75) is 13.8 Å². The van der Waals surface area contributed by atoms with E-state index in [1.807, 2.05) is 0 Å². The van der Waals surface area contributed by atoms with Crippen LogP contribution in [0, 0.1) is 17.0 Å². The summed E-state index contributed by atoms with van der Waals surface area (Å²) in [6, 6.07) is 4.67. The smallest absolute Gasteiger partial charge is 0.285 e. The van der Waals surface area contributed by atoms with Gasteiger partial charge in [0.05, 0.1) is 4.92 Å². The first-order valence-corrected chi connectivity index (χ1v) is 5.10. The second-order valence-corrected chi connectivity index (χ2v) is 3.87. The molecule has 1 aromatic rings. The van der Waals surface area contributed by atoms with E-state index in [0.29, 0.717) is 12.1 Å². The molecule has 90 valence electrons. The maximum Gasteiger partial charge on any atom is 0.285 e. The summed E-state index contributed by atoms with van der Waals surface area (Å²) >= 11 is 0. The number of hydrogen-bond acceptors (Lipinski definition) is 3. The first-order valence-electron chi connectivity index (χ1n) is 5.10. The Kier molecular flexibility index (Phi) is 3.98. The number of nitro benzene ring substituents is 1. The SMILES string of the molecule is C=C(C)CNC(=O)c1cccc(C)c1[N+](=O)[O-]. The van der Waals surface area contributed by atoms with Gasteiger partial charge in [0.2, 0.25) is 0 Å². The standard InChI is InChI=1S/C12H14N2O3/c1-8(2)7-13-12(15)10-6-4-5-9(3)11(10)14(16)17/h4-6H,1,7H2,2-3H3,(H,13,15). The molecule has 0 bridgehead atoms. The number of aryl methyl sites for hydroxylation is 1. The van der Waals surface area contributed by atoms with Gasteiger partial charge in [-0.25, -0.2) is 0 Å². The number of carbonyl (C=O) groups is 1. The summed E-state index contributed by atoms with van der Waals surface area (Å²) in [7, 11) is 0. The number of benzene rings is 1. The topological polar surface area (TPSA) is 72.2 Å². The quantitative estimate of drug-likeness (QED) is 0.493. The van der Waals surface area contributed by atoms with Crippen molar-refractivity contribution in [1.82, 2.24) is 5.32 Å². The number of carbonyl (C=O) groups excluding carboxylic acids is 1. The molecule has 0 fully saturated rings. The zero-order valence-corrected chi connectivity index (χ0v) is 9.82. The lowest BCUT2D eigenvalue weighted by Crippen LogP contribution is -2.25. The van der Waals surface area contributed by atoms with E-state index in [9.17, 15) is 14.9 Å². The van der Waals surface area contributed by atoms with Crippen LogP contribution < -0.4 is 5.32 Å². The largest absolute Gasteiger partial charge is 0.348 e. The van der Waals surface area contributed by atoms with E-state index in [1.54, 1.807) is 26.0 Å². The van der Waals surface area contributed by atoms with Gasteiger partial charge in [0.25, 0.3) is 11.6 Å². The van der Waals surface area contributed by atoms with E-state index in [1.165, 1.54) is 6.07 Å². The Balaban J connectivity index is 3.05. The Morgan fingerprint density at radius 1 is 1.53 bits per heavy atom. The van der Waals surface area contributed by atoms with Gasteiger partial charge < -0.3 is 5.32 Å². The average molecular weight is 234 g/mol. The Hall–Kier alpha value is -2.17. The molecule has 0 radical (unpaired) electrons. The molecule has 0 saturated carbocycles. The lowest BCUT2D eigenvalue weighted by molar-refractivity contribution is -0.385. The lowest BCUT2D eigenvalue weighted by Gasteiger charge is -2.06. The molecule has 1 amide bonds. The van der Waals surface area contributed by atoms with E-state index in [-0.39, 0.29) is 11.3 Å². The van der Waals surface area contributed by atoms with E-state index >= 15 is 0 Å². The predicted octanol–water partition coefficient (Wildman–Crippen LogP) is 2.21. The zero-order valence-electron chi connectivity index (χ0n) is 9.82. The molecule has 0 heterocycles. The lowest BCUT2D eigenvalue weighted by atomic mass is 10.1. The molecule has 0 aliphatic carbocycles. The first kappa shape index (κ1) is 12.9. The highest BCUT2D eigenvalue weighted by Crippen LogP contribution is 2.22. The molecule has 0 atom stereocenters. The van der Waals surface area contributed by atoms with Crippen LogP contribution in [0.1, 0.15) is 22.8 Å². The third-order valence-corrected chi connectivity index (χ3v) is 2.22. The predicted molar refractivity (Wildman–Crippen MR) is 65.0 cm³/mol. The molecule has 0 aliphatic rings. The van der Waals surface area contributed by atoms with Gasteiger partial charge in [-0.15, -0.1) is 0 Å². The van der Waals surface area contributed by atoms with Crippen LogP contribution >= 0.6 is 0 Å². The van der Waals surface area contributed by atoms with Crippen molar-refractivity contribution in [2.75, 3.05) is 6.54 Å². The summed E-state index contributed by atoms with van der Waals surface area (Å²) in [5.41, 5.74) is 1.19. The Labute approximate surface area is 99.3 Å². The van der Waals surface area contributed by atoms with Gasteiger partial charge in [0.15, 0.2) is 0 Å². The highest BCUT2D eigenvalue weighted by Gasteiger charge is 2.21. The molecule has 0 aliphatic heterocycles. The third kappa shape index (κ3) is 3.14. The molecule has 0 saturated heterocycles. The van der Waals surface area contributed by atoms with Crippen LogP contribution in [0.4, 0.5) is 5.69 Å². The Morgan fingerprint density at radius 3 is 2.71 bits per heavy atom. The van der Waals surface area contributed by atoms with E-state index in [4.69, 9.17) is 0 Å². The molecule has 0 aromatic heterocycles. The van der Waals surface area contributed by atoms with Crippen LogP contribution in [0.25, 0.3) is 0 Å². The fraction of sp³-hybridized carbons (Fsp3) is 0.250. The van der Waals surface area contributed by atoms with Crippen molar-refractivity contribution in [3.63, 3.8) is 0 Å². The monoisotopic (exact) mass is 234 g/mol. The number of amides is 1. The molecular weight excluding hydrogens is 220 g/mol. The van der Waals surface area contributed by atoms with Crippen molar-refractivity contribution < 1.29 is 9.72 Å². The summed E-state index contributed by atoms with van der Waals surface area (Å²) in [6.45, 7) is 7.33. The van der Waals surface area contributed by atoms with Gasteiger partial charge in [-0.2, -0.15) is 0 Å². The second-order valence-electron chi connectivity index (χ2n) is 3.87. The van der Waals surface area contributed by atoms with Crippen LogP contribution in [0.15, 0.2) is 30.4 Å². The van der Waals surface area contributed by atoms with Crippen molar-refractivity contribution in [3.05, 3.63) is 51.6 Å². The first-order chi connectivity index (χ1) is 7.93. The van der Waals surface area contributed by atoms with E-state index in [2.05, 4.69) is 11.9 Å². The highest BCUT2D eigenvalue weighted by molar-refractivity contribution is 5.98. The minimum atomic E-state index is -0.537. The zero-order chi connectivity index (χ0) is 13.0. The van der Waals surface area contributed by atoms with Crippen LogP contribution in [-0.2, 0) is 0 Å². The minimum Gasteiger partial charge on any atom is -0.348 e. The molecule has 17 heavy (non-hydrogen) atoms. The number of nitrogens with one attached hydrogen (secondary N) is 1. The number of para-hydroxylation sites is 1. The molecule has 5 heteroatoms. The Bertz CT molecular complexity index is 481. The van der Waals surface area contributed by atoms with E-state index in [0.717, 1.165) is 5.57 Å². The Morgan fingerprint density at radius 2 is 2.18 bits per heavy atom. The fourth-order valence-corrected chi connectivity index (χ4v) is 1.41. The van der Waals surface area contributed by atoms with E-state index < -0.39 is 10.8 Å². The molecule has 1 aromatic carbocycles. The maximum absolute atomic E-state index is 11.8. The van der Waals surface area contributed by atoms with Crippen LogP contribution in [0.3, 0.4) is 0 Å². The fourth-order valence-electron chi connectivity index (χ4n) is 1.41. The molecule has 1 N–H and O–H groups in total. The number of hydrogen-bond donors (Lipinski definition) is 1. The van der Waals surface area contributed by atoms with Crippen molar-refractivity contribution in [1.29, 1.82) is 0 Å². The molecule has 0 spiro atoms. The van der Waals surface area contributed by atoms with Gasteiger partial charge in [-0.3, -0.25) is 14.9 Å². The van der Waals surface area contributed by atoms with Crippen molar-refractivity contribution >= 4 is 11.6 Å². The molecule has 5 nitrogen and oxygen atoms in total. The van der Waals surface area contributed by atoms with Gasteiger partial charge in [-0.1, -0.05) is 24.3 Å². The molecular formula is C12H14N2O3. The molecule has 0 unspecified atom stereocenters. The minimum absolute atomic E-state index is 0.0799. The summed E-state index contributed by atoms with van der Waals surface area (Å²) in [5, 5.41) is 13.5. The van der Waals surface area contributed by atoms with Crippen molar-refractivity contribution in [3.8, 4) is 0 Å².